The van der Waals surface area contributed by atoms with Crippen LogP contribution in [-0.2, 0) is 11.2 Å². The first-order valence-corrected chi connectivity index (χ1v) is 8.56. The van der Waals surface area contributed by atoms with E-state index < -0.39 is 0 Å². The lowest BCUT2D eigenvalue weighted by Gasteiger charge is -2.08. The van der Waals surface area contributed by atoms with Crippen LogP contribution in [0.5, 0.6) is 17.2 Å². The number of amides is 1. The minimum Gasteiger partial charge on any atom is -0.484 e. The third kappa shape index (κ3) is 5.67. The zero-order valence-corrected chi connectivity index (χ0v) is 14.4. The van der Waals surface area contributed by atoms with Crippen LogP contribution in [0.1, 0.15) is 5.56 Å². The van der Waals surface area contributed by atoms with Crippen molar-refractivity contribution in [3.05, 3.63) is 90.5 Å². The summed E-state index contributed by atoms with van der Waals surface area (Å²) in [5.74, 6) is 2.17. The van der Waals surface area contributed by atoms with Crippen molar-refractivity contribution in [3.63, 3.8) is 0 Å². The van der Waals surface area contributed by atoms with E-state index in [1.54, 1.807) is 0 Å². The maximum atomic E-state index is 11.8. The van der Waals surface area contributed by atoms with E-state index in [0.717, 1.165) is 23.5 Å². The average Bonchev–Trinajstić information content (AvgIpc) is 2.69. The Morgan fingerprint density at radius 3 is 1.96 bits per heavy atom. The standard InChI is InChI=1S/C22H21NO3/c24-22(17-25-19-7-3-1-4-8-19)23-16-15-18-11-13-21(14-12-18)26-20-9-5-2-6-10-20/h1-14H,15-17H2,(H,23,24). The zero-order chi connectivity index (χ0) is 18.0. The van der Waals surface area contributed by atoms with Gasteiger partial charge in [-0.2, -0.15) is 0 Å². The van der Waals surface area contributed by atoms with Crippen LogP contribution in [0.25, 0.3) is 0 Å². The van der Waals surface area contributed by atoms with Gasteiger partial charge in [0.05, 0.1) is 0 Å². The van der Waals surface area contributed by atoms with Crippen molar-refractivity contribution in [2.24, 2.45) is 0 Å². The molecule has 0 bridgehead atoms. The fourth-order valence-electron chi connectivity index (χ4n) is 2.41. The highest BCUT2D eigenvalue weighted by atomic mass is 16.5. The Bertz CT molecular complexity index is 802. The summed E-state index contributed by atoms with van der Waals surface area (Å²) in [6.45, 7) is 0.587. The Labute approximate surface area is 153 Å². The lowest BCUT2D eigenvalue weighted by Crippen LogP contribution is -2.30. The second-order valence-electron chi connectivity index (χ2n) is 5.76. The number of hydrogen-bond acceptors (Lipinski definition) is 3. The molecule has 0 aliphatic rings. The minimum atomic E-state index is -0.127. The van der Waals surface area contributed by atoms with E-state index in [1.807, 2.05) is 84.9 Å². The molecule has 132 valence electrons. The molecule has 0 spiro atoms. The van der Waals surface area contributed by atoms with Gasteiger partial charge in [-0.05, 0) is 48.4 Å². The molecule has 0 aromatic heterocycles. The summed E-state index contributed by atoms with van der Waals surface area (Å²) in [6.07, 6.45) is 0.753. The Morgan fingerprint density at radius 2 is 1.31 bits per heavy atom. The molecular formula is C22H21NO3. The molecule has 3 aromatic rings. The van der Waals surface area contributed by atoms with Crippen molar-refractivity contribution in [2.75, 3.05) is 13.2 Å². The molecule has 1 amide bonds. The summed E-state index contributed by atoms with van der Waals surface area (Å²) in [4.78, 5) is 11.8. The number of carbonyl (C=O) groups is 1. The maximum absolute atomic E-state index is 11.8. The first-order chi connectivity index (χ1) is 12.8. The molecule has 1 N–H and O–H groups in total. The molecule has 0 heterocycles. The van der Waals surface area contributed by atoms with Gasteiger partial charge in [0.15, 0.2) is 6.61 Å². The van der Waals surface area contributed by atoms with Gasteiger partial charge in [-0.1, -0.05) is 48.5 Å². The Hall–Kier alpha value is -3.27. The smallest absolute Gasteiger partial charge is 0.257 e. The molecule has 0 aliphatic heterocycles. The monoisotopic (exact) mass is 347 g/mol. The van der Waals surface area contributed by atoms with Gasteiger partial charge >= 0.3 is 0 Å². The molecule has 0 radical (unpaired) electrons. The second kappa shape index (κ2) is 9.28. The Kier molecular flexibility index (Phi) is 6.26. The van der Waals surface area contributed by atoms with E-state index in [-0.39, 0.29) is 12.5 Å². The zero-order valence-electron chi connectivity index (χ0n) is 14.4. The Morgan fingerprint density at radius 1 is 0.731 bits per heavy atom. The summed E-state index contributed by atoms with van der Waals surface area (Å²) in [7, 11) is 0. The highest BCUT2D eigenvalue weighted by Gasteiger charge is 2.03. The molecule has 0 unspecified atom stereocenters. The molecule has 26 heavy (non-hydrogen) atoms. The molecule has 3 aromatic carbocycles. The van der Waals surface area contributed by atoms with Gasteiger partial charge in [0.25, 0.3) is 5.91 Å². The summed E-state index contributed by atoms with van der Waals surface area (Å²) in [5, 5.41) is 2.86. The average molecular weight is 347 g/mol. The van der Waals surface area contributed by atoms with Gasteiger partial charge in [-0.25, -0.2) is 0 Å². The minimum absolute atomic E-state index is 0.0217. The fraction of sp³-hybridized carbons (Fsp3) is 0.136. The number of nitrogens with one attached hydrogen (secondary N) is 1. The van der Waals surface area contributed by atoms with Crippen LogP contribution >= 0.6 is 0 Å². The molecule has 0 saturated carbocycles. The van der Waals surface area contributed by atoms with Crippen molar-refractivity contribution in [3.8, 4) is 17.2 Å². The van der Waals surface area contributed by atoms with E-state index in [1.165, 1.54) is 0 Å². The van der Waals surface area contributed by atoms with E-state index in [2.05, 4.69) is 5.32 Å². The van der Waals surface area contributed by atoms with E-state index >= 15 is 0 Å². The fourth-order valence-corrected chi connectivity index (χ4v) is 2.41. The first-order valence-electron chi connectivity index (χ1n) is 8.56. The maximum Gasteiger partial charge on any atom is 0.257 e. The summed E-state index contributed by atoms with van der Waals surface area (Å²) >= 11 is 0. The number of benzene rings is 3. The largest absolute Gasteiger partial charge is 0.484 e. The molecular weight excluding hydrogens is 326 g/mol. The first kappa shape index (κ1) is 17.5. The quantitative estimate of drug-likeness (QED) is 0.664. The molecule has 4 nitrogen and oxygen atoms in total. The van der Waals surface area contributed by atoms with E-state index in [4.69, 9.17) is 9.47 Å². The van der Waals surface area contributed by atoms with Gasteiger partial charge in [0, 0.05) is 6.54 Å². The molecule has 0 aliphatic carbocycles. The second-order valence-corrected chi connectivity index (χ2v) is 5.76. The van der Waals surface area contributed by atoms with Crippen molar-refractivity contribution in [2.45, 2.75) is 6.42 Å². The van der Waals surface area contributed by atoms with Gasteiger partial charge in [0.1, 0.15) is 17.2 Å². The third-order valence-corrected chi connectivity index (χ3v) is 3.75. The molecule has 0 atom stereocenters. The van der Waals surface area contributed by atoms with Crippen LogP contribution in [0.3, 0.4) is 0 Å². The van der Waals surface area contributed by atoms with Crippen molar-refractivity contribution < 1.29 is 14.3 Å². The lowest BCUT2D eigenvalue weighted by atomic mass is 10.1. The topological polar surface area (TPSA) is 47.6 Å². The molecule has 3 rings (SSSR count). The summed E-state index contributed by atoms with van der Waals surface area (Å²) < 4.78 is 11.2. The number of para-hydroxylation sites is 2. The van der Waals surface area contributed by atoms with Crippen molar-refractivity contribution in [1.29, 1.82) is 0 Å². The van der Waals surface area contributed by atoms with Crippen molar-refractivity contribution in [1.82, 2.24) is 5.32 Å². The van der Waals surface area contributed by atoms with Gasteiger partial charge < -0.3 is 14.8 Å². The molecule has 0 fully saturated rings. The predicted molar refractivity (Wildman–Crippen MR) is 102 cm³/mol. The van der Waals surface area contributed by atoms with E-state index in [0.29, 0.717) is 12.3 Å². The van der Waals surface area contributed by atoms with Gasteiger partial charge in [-0.15, -0.1) is 0 Å². The highest BCUT2D eigenvalue weighted by Crippen LogP contribution is 2.21. The van der Waals surface area contributed by atoms with E-state index in [9.17, 15) is 4.79 Å². The van der Waals surface area contributed by atoms with Crippen LogP contribution in [0, 0.1) is 0 Å². The number of ether oxygens (including phenoxy) is 2. The summed E-state index contributed by atoms with van der Waals surface area (Å²) in [5.41, 5.74) is 1.13. The lowest BCUT2D eigenvalue weighted by molar-refractivity contribution is -0.123. The third-order valence-electron chi connectivity index (χ3n) is 3.75. The number of rotatable bonds is 8. The van der Waals surface area contributed by atoms with Crippen LogP contribution in [-0.4, -0.2) is 19.1 Å². The van der Waals surface area contributed by atoms with Crippen LogP contribution < -0.4 is 14.8 Å². The van der Waals surface area contributed by atoms with Crippen LogP contribution in [0.2, 0.25) is 0 Å². The number of carbonyl (C=O) groups excluding carboxylic acids is 1. The van der Waals surface area contributed by atoms with Gasteiger partial charge in [0.2, 0.25) is 0 Å². The predicted octanol–water partition coefficient (Wildman–Crippen LogP) is 4.22. The summed E-state index contributed by atoms with van der Waals surface area (Å²) in [6, 6.07) is 26.8. The molecule has 0 saturated heterocycles. The van der Waals surface area contributed by atoms with Crippen molar-refractivity contribution >= 4 is 5.91 Å². The van der Waals surface area contributed by atoms with Gasteiger partial charge in [-0.3, -0.25) is 4.79 Å². The molecule has 4 heteroatoms. The van der Waals surface area contributed by atoms with Crippen LogP contribution in [0.15, 0.2) is 84.9 Å². The normalized spacial score (nSPS) is 10.2. The van der Waals surface area contributed by atoms with Crippen LogP contribution in [0.4, 0.5) is 0 Å². The number of hydrogen-bond donors (Lipinski definition) is 1. The SMILES string of the molecule is O=C(COc1ccccc1)NCCc1ccc(Oc2ccccc2)cc1. The highest BCUT2D eigenvalue weighted by molar-refractivity contribution is 5.77. The Balaban J connectivity index is 1.38.